The molecule has 0 spiro atoms. The van der Waals surface area contributed by atoms with Crippen molar-refractivity contribution in [2.24, 2.45) is 5.11 Å². The average Bonchev–Trinajstić information content (AvgIpc) is 2.54. The van der Waals surface area contributed by atoms with Gasteiger partial charge in [0.1, 0.15) is 6.10 Å². The fourth-order valence-electron chi connectivity index (χ4n) is 1.76. The van der Waals surface area contributed by atoms with Crippen LogP contribution in [0.15, 0.2) is 29.4 Å². The Balaban J connectivity index is 2.73. The van der Waals surface area contributed by atoms with Gasteiger partial charge in [-0.15, -0.1) is 0 Å². The number of carbonyl (C=O) groups is 2. The predicted molar refractivity (Wildman–Crippen MR) is 77.0 cm³/mol. The summed E-state index contributed by atoms with van der Waals surface area (Å²) in [5.74, 6) is -1.71. The van der Waals surface area contributed by atoms with E-state index in [4.69, 9.17) is 5.53 Å². The van der Waals surface area contributed by atoms with Gasteiger partial charge in [0, 0.05) is 17.0 Å². The Morgan fingerprint density at radius 3 is 2.50 bits per heavy atom. The normalized spacial score (nSPS) is 12.9. The van der Waals surface area contributed by atoms with Gasteiger partial charge >= 0.3 is 5.97 Å². The van der Waals surface area contributed by atoms with Gasteiger partial charge in [-0.2, -0.15) is 0 Å². The lowest BCUT2D eigenvalue weighted by atomic mass is 10.00. The van der Waals surface area contributed by atoms with Gasteiger partial charge in [0.15, 0.2) is 0 Å². The van der Waals surface area contributed by atoms with Gasteiger partial charge in [-0.3, -0.25) is 4.79 Å². The Labute approximate surface area is 127 Å². The molecule has 0 saturated heterocycles. The first-order valence-electron chi connectivity index (χ1n) is 6.69. The third kappa shape index (κ3) is 4.85. The molecular formula is C14H17N3O5. The summed E-state index contributed by atoms with van der Waals surface area (Å²) in [7, 11) is 0. The zero-order valence-electron chi connectivity index (χ0n) is 12.0. The molecule has 2 N–H and O–H groups in total. The summed E-state index contributed by atoms with van der Waals surface area (Å²) in [5.41, 5.74) is 8.67. The Kier molecular flexibility index (Phi) is 7.04. The van der Waals surface area contributed by atoms with Crippen LogP contribution in [-0.2, 0) is 9.53 Å². The molecule has 8 heteroatoms. The lowest BCUT2D eigenvalue weighted by Crippen LogP contribution is -2.20. The van der Waals surface area contributed by atoms with E-state index in [1.807, 2.05) is 0 Å². The van der Waals surface area contributed by atoms with E-state index in [9.17, 15) is 19.8 Å². The highest BCUT2D eigenvalue weighted by molar-refractivity contribution is 6.40. The zero-order chi connectivity index (χ0) is 16.5. The summed E-state index contributed by atoms with van der Waals surface area (Å²) in [4.78, 5) is 25.6. The molecule has 118 valence electrons. The number of benzene rings is 1. The van der Waals surface area contributed by atoms with E-state index in [1.165, 1.54) is 24.3 Å². The molecule has 1 rings (SSSR count). The molecule has 2 unspecified atom stereocenters. The fraction of sp³-hybridized carbons (Fsp3) is 0.429. The first kappa shape index (κ1) is 17.6. The minimum atomic E-state index is -1.18. The van der Waals surface area contributed by atoms with Crippen LogP contribution in [0.3, 0.4) is 0 Å². The Morgan fingerprint density at radius 1 is 1.32 bits per heavy atom. The number of aliphatic hydroxyl groups excluding tert-OH is 2. The number of esters is 1. The Morgan fingerprint density at radius 2 is 1.95 bits per heavy atom. The molecule has 1 aromatic rings. The van der Waals surface area contributed by atoms with Gasteiger partial charge in [0.25, 0.3) is 5.78 Å². The minimum Gasteiger partial charge on any atom is -0.460 e. The maximum absolute atomic E-state index is 11.7. The molecule has 0 aliphatic heterocycles. The number of aliphatic hydroxyl groups is 2. The lowest BCUT2D eigenvalue weighted by molar-refractivity contribution is -0.137. The number of carbonyl (C=O) groups excluding carboxylic acids is 2. The van der Waals surface area contributed by atoms with Crippen molar-refractivity contribution in [2.45, 2.75) is 25.6 Å². The van der Waals surface area contributed by atoms with E-state index in [0.29, 0.717) is 5.56 Å². The summed E-state index contributed by atoms with van der Waals surface area (Å²) in [6.07, 6.45) is -2.17. The van der Waals surface area contributed by atoms with Crippen molar-refractivity contribution in [2.75, 3.05) is 13.2 Å². The van der Waals surface area contributed by atoms with Crippen molar-refractivity contribution in [3.05, 3.63) is 45.8 Å². The Bertz CT molecular complexity index is 566. The van der Waals surface area contributed by atoms with Crippen LogP contribution >= 0.6 is 0 Å². The van der Waals surface area contributed by atoms with Crippen LogP contribution in [0.2, 0.25) is 0 Å². The second kappa shape index (κ2) is 8.78. The zero-order valence-corrected chi connectivity index (χ0v) is 12.0. The molecule has 0 saturated carbocycles. The van der Waals surface area contributed by atoms with Gasteiger partial charge in [-0.25, -0.2) is 4.79 Å². The fourth-order valence-corrected chi connectivity index (χ4v) is 1.76. The molecule has 0 aliphatic carbocycles. The third-order valence-electron chi connectivity index (χ3n) is 2.93. The summed E-state index contributed by atoms with van der Waals surface area (Å²) in [6.45, 7) is 1.77. The van der Waals surface area contributed by atoms with E-state index in [0.717, 1.165) is 0 Å². The number of Topliss-reactive ketones (excluding diaryl/α,β-unsaturated/α-hetero) is 1. The molecule has 0 radical (unpaired) electrons. The highest BCUT2D eigenvalue weighted by Crippen LogP contribution is 2.20. The molecule has 0 amide bonds. The number of nitrogens with zero attached hydrogens (tertiary/aromatic N) is 3. The maximum atomic E-state index is 11.7. The largest absolute Gasteiger partial charge is 0.460 e. The van der Waals surface area contributed by atoms with Gasteiger partial charge in [-0.1, -0.05) is 29.4 Å². The van der Waals surface area contributed by atoms with Crippen LogP contribution in [-0.4, -0.2) is 41.2 Å². The SMILES string of the molecule is CCOC(=O)C(=O)c1ccc(C(O)C(O)CCN=[N+]=[N-])cc1. The second-order valence-electron chi connectivity index (χ2n) is 4.43. The molecule has 0 fully saturated rings. The quantitative estimate of drug-likeness (QED) is 0.188. The molecule has 0 bridgehead atoms. The number of rotatable bonds is 8. The van der Waals surface area contributed by atoms with Crippen LogP contribution in [0.5, 0.6) is 0 Å². The lowest BCUT2D eigenvalue weighted by Gasteiger charge is -2.17. The van der Waals surface area contributed by atoms with Crippen molar-refractivity contribution in [1.29, 1.82) is 0 Å². The molecule has 2 atom stereocenters. The molecule has 1 aromatic carbocycles. The number of ether oxygens (including phenoxy) is 1. The molecule has 0 aliphatic rings. The van der Waals surface area contributed by atoms with E-state index in [-0.39, 0.29) is 25.1 Å². The van der Waals surface area contributed by atoms with Crippen molar-refractivity contribution >= 4 is 11.8 Å². The predicted octanol–water partition coefficient (Wildman–Crippen LogP) is 1.53. The summed E-state index contributed by atoms with van der Waals surface area (Å²) >= 11 is 0. The number of hydrogen-bond acceptors (Lipinski definition) is 6. The standard InChI is InChI=1S/C14H17N3O5/c1-2-22-14(21)13(20)10-5-3-9(4-6-10)12(19)11(18)7-8-16-17-15/h3-6,11-12,18-19H,2,7-8H2,1H3. The molecule has 0 heterocycles. The van der Waals surface area contributed by atoms with Gasteiger partial charge in [0.2, 0.25) is 0 Å². The first-order chi connectivity index (χ1) is 10.5. The molecular weight excluding hydrogens is 290 g/mol. The maximum Gasteiger partial charge on any atom is 0.379 e. The average molecular weight is 307 g/mol. The van der Waals surface area contributed by atoms with Crippen molar-refractivity contribution in [3.8, 4) is 0 Å². The topological polar surface area (TPSA) is 133 Å². The highest BCUT2D eigenvalue weighted by Gasteiger charge is 2.20. The molecule has 0 aromatic heterocycles. The number of azide groups is 1. The smallest absolute Gasteiger partial charge is 0.379 e. The van der Waals surface area contributed by atoms with E-state index in [1.54, 1.807) is 6.92 Å². The highest BCUT2D eigenvalue weighted by atomic mass is 16.5. The van der Waals surface area contributed by atoms with Gasteiger partial charge < -0.3 is 14.9 Å². The van der Waals surface area contributed by atoms with Gasteiger partial charge in [-0.05, 0) is 24.4 Å². The number of ketones is 1. The second-order valence-corrected chi connectivity index (χ2v) is 4.43. The summed E-state index contributed by atoms with van der Waals surface area (Å²) in [6, 6.07) is 5.62. The summed E-state index contributed by atoms with van der Waals surface area (Å²) in [5, 5.41) is 23.0. The monoisotopic (exact) mass is 307 g/mol. The van der Waals surface area contributed by atoms with Crippen LogP contribution in [0.1, 0.15) is 35.4 Å². The molecule has 22 heavy (non-hydrogen) atoms. The van der Waals surface area contributed by atoms with Crippen LogP contribution in [0.25, 0.3) is 10.4 Å². The number of hydrogen-bond donors (Lipinski definition) is 2. The van der Waals surface area contributed by atoms with E-state index < -0.39 is 24.0 Å². The van der Waals surface area contributed by atoms with Crippen molar-refractivity contribution < 1.29 is 24.5 Å². The van der Waals surface area contributed by atoms with E-state index in [2.05, 4.69) is 14.8 Å². The van der Waals surface area contributed by atoms with Crippen LogP contribution in [0.4, 0.5) is 0 Å². The summed E-state index contributed by atoms with van der Waals surface area (Å²) < 4.78 is 4.61. The van der Waals surface area contributed by atoms with Crippen molar-refractivity contribution in [1.82, 2.24) is 0 Å². The first-order valence-corrected chi connectivity index (χ1v) is 6.69. The Hall–Kier alpha value is -2.41. The van der Waals surface area contributed by atoms with Crippen molar-refractivity contribution in [3.63, 3.8) is 0 Å². The van der Waals surface area contributed by atoms with Crippen LogP contribution in [0, 0.1) is 0 Å². The minimum absolute atomic E-state index is 0.0636. The van der Waals surface area contributed by atoms with E-state index >= 15 is 0 Å². The molecule has 8 nitrogen and oxygen atoms in total. The van der Waals surface area contributed by atoms with Gasteiger partial charge in [0.05, 0.1) is 12.7 Å². The van der Waals surface area contributed by atoms with Crippen LogP contribution < -0.4 is 0 Å². The third-order valence-corrected chi connectivity index (χ3v) is 2.93.